The Morgan fingerprint density at radius 2 is 2.24 bits per heavy atom. The van der Waals surface area contributed by atoms with Gasteiger partial charge in [-0.2, -0.15) is 0 Å². The van der Waals surface area contributed by atoms with E-state index < -0.39 is 0 Å². The van der Waals surface area contributed by atoms with Crippen molar-refractivity contribution in [2.45, 2.75) is 13.1 Å². The second kappa shape index (κ2) is 4.22. The first-order valence-electron chi connectivity index (χ1n) is 5.78. The first kappa shape index (κ1) is 10.4. The number of benzene rings is 1. The van der Waals surface area contributed by atoms with Crippen LogP contribution in [0.1, 0.15) is 5.82 Å². The van der Waals surface area contributed by atoms with E-state index in [1.54, 1.807) is 7.11 Å². The third-order valence-electron chi connectivity index (χ3n) is 3.05. The summed E-state index contributed by atoms with van der Waals surface area (Å²) in [5.74, 6) is 1.97. The van der Waals surface area contributed by atoms with E-state index in [4.69, 9.17) is 4.74 Å². The fourth-order valence-corrected chi connectivity index (χ4v) is 2.17. The van der Waals surface area contributed by atoms with Gasteiger partial charge in [-0.25, -0.2) is 4.98 Å². The van der Waals surface area contributed by atoms with E-state index in [-0.39, 0.29) is 0 Å². The Bertz CT molecular complexity index is 510. The SMILES string of the molecule is COc1ccccc1-c1cn2c(n1)CNCC2. The Morgan fingerprint density at radius 1 is 1.35 bits per heavy atom. The van der Waals surface area contributed by atoms with Gasteiger partial charge in [-0.15, -0.1) is 0 Å². The van der Waals surface area contributed by atoms with Crippen molar-refractivity contribution >= 4 is 0 Å². The molecule has 2 aromatic rings. The van der Waals surface area contributed by atoms with Crippen molar-refractivity contribution in [3.8, 4) is 17.0 Å². The van der Waals surface area contributed by atoms with Crippen molar-refractivity contribution in [1.29, 1.82) is 0 Å². The molecule has 0 fully saturated rings. The monoisotopic (exact) mass is 229 g/mol. The topological polar surface area (TPSA) is 39.1 Å². The van der Waals surface area contributed by atoms with Gasteiger partial charge in [-0.05, 0) is 12.1 Å². The van der Waals surface area contributed by atoms with Crippen LogP contribution in [0.25, 0.3) is 11.3 Å². The highest BCUT2D eigenvalue weighted by Gasteiger charge is 2.14. The molecule has 0 radical (unpaired) electrons. The summed E-state index contributed by atoms with van der Waals surface area (Å²) in [4.78, 5) is 4.65. The molecule has 0 unspecified atom stereocenters. The van der Waals surface area contributed by atoms with Crippen LogP contribution in [0.2, 0.25) is 0 Å². The predicted octanol–water partition coefficient (Wildman–Crippen LogP) is 1.66. The maximum atomic E-state index is 5.37. The summed E-state index contributed by atoms with van der Waals surface area (Å²) < 4.78 is 7.57. The largest absolute Gasteiger partial charge is 0.496 e. The molecule has 3 rings (SSSR count). The number of methoxy groups -OCH3 is 1. The first-order valence-corrected chi connectivity index (χ1v) is 5.78. The van der Waals surface area contributed by atoms with Crippen LogP contribution in [0.3, 0.4) is 0 Å². The molecule has 0 saturated carbocycles. The summed E-state index contributed by atoms with van der Waals surface area (Å²) in [6, 6.07) is 7.99. The lowest BCUT2D eigenvalue weighted by Crippen LogP contribution is -2.27. The highest BCUT2D eigenvalue weighted by Crippen LogP contribution is 2.29. The zero-order valence-electron chi connectivity index (χ0n) is 9.81. The minimum Gasteiger partial charge on any atom is -0.496 e. The predicted molar refractivity (Wildman–Crippen MR) is 65.9 cm³/mol. The normalized spacial score (nSPS) is 14.4. The quantitative estimate of drug-likeness (QED) is 0.851. The fourth-order valence-electron chi connectivity index (χ4n) is 2.17. The molecular formula is C13H15N3O. The number of nitrogens with one attached hydrogen (secondary N) is 1. The minimum absolute atomic E-state index is 0.842. The highest BCUT2D eigenvalue weighted by molar-refractivity contribution is 5.66. The van der Waals surface area contributed by atoms with Crippen LogP contribution in [0, 0.1) is 0 Å². The molecule has 88 valence electrons. The van der Waals surface area contributed by atoms with Crippen LogP contribution in [0.4, 0.5) is 0 Å². The van der Waals surface area contributed by atoms with Crippen molar-refractivity contribution in [2.24, 2.45) is 0 Å². The fraction of sp³-hybridized carbons (Fsp3) is 0.308. The van der Waals surface area contributed by atoms with E-state index in [9.17, 15) is 0 Å². The molecule has 1 aliphatic heterocycles. The molecule has 0 aliphatic carbocycles. The zero-order valence-corrected chi connectivity index (χ0v) is 9.81. The van der Waals surface area contributed by atoms with Gasteiger partial charge in [0, 0.05) is 24.8 Å². The van der Waals surface area contributed by atoms with E-state index in [2.05, 4.69) is 21.1 Å². The van der Waals surface area contributed by atoms with Crippen molar-refractivity contribution in [3.63, 3.8) is 0 Å². The molecule has 0 saturated heterocycles. The Kier molecular flexibility index (Phi) is 2.57. The molecule has 17 heavy (non-hydrogen) atoms. The first-order chi connectivity index (χ1) is 8.38. The van der Waals surface area contributed by atoms with Crippen LogP contribution in [0.15, 0.2) is 30.5 Å². The van der Waals surface area contributed by atoms with Crippen LogP contribution in [0.5, 0.6) is 5.75 Å². The van der Waals surface area contributed by atoms with Gasteiger partial charge in [0.25, 0.3) is 0 Å². The lowest BCUT2D eigenvalue weighted by atomic mass is 10.1. The highest BCUT2D eigenvalue weighted by atomic mass is 16.5. The Hall–Kier alpha value is -1.81. The molecule has 1 N–H and O–H groups in total. The molecule has 1 aromatic carbocycles. The number of hydrogen-bond donors (Lipinski definition) is 1. The molecule has 1 aromatic heterocycles. The zero-order chi connectivity index (χ0) is 11.7. The Labute approximate surface area is 100 Å². The third-order valence-corrected chi connectivity index (χ3v) is 3.05. The molecule has 0 bridgehead atoms. The summed E-state index contributed by atoms with van der Waals surface area (Å²) in [5.41, 5.74) is 2.04. The van der Waals surface area contributed by atoms with Crippen LogP contribution in [-0.2, 0) is 13.1 Å². The summed E-state index contributed by atoms with van der Waals surface area (Å²) in [6.07, 6.45) is 2.11. The summed E-state index contributed by atoms with van der Waals surface area (Å²) in [7, 11) is 1.69. The second-order valence-electron chi connectivity index (χ2n) is 4.11. The second-order valence-corrected chi connectivity index (χ2v) is 4.11. The molecule has 4 heteroatoms. The Morgan fingerprint density at radius 3 is 3.06 bits per heavy atom. The molecule has 0 atom stereocenters. The van der Waals surface area contributed by atoms with E-state index in [1.807, 2.05) is 24.3 Å². The smallest absolute Gasteiger partial charge is 0.128 e. The van der Waals surface area contributed by atoms with Gasteiger partial charge in [-0.3, -0.25) is 0 Å². The van der Waals surface area contributed by atoms with Gasteiger partial charge < -0.3 is 14.6 Å². The van der Waals surface area contributed by atoms with Crippen molar-refractivity contribution in [3.05, 3.63) is 36.3 Å². The standard InChI is InChI=1S/C13H15N3O/c1-17-12-5-3-2-4-10(12)11-9-16-7-6-14-8-13(16)15-11/h2-5,9,14H,6-8H2,1H3. The van der Waals surface area contributed by atoms with E-state index >= 15 is 0 Å². The number of hydrogen-bond acceptors (Lipinski definition) is 3. The summed E-state index contributed by atoms with van der Waals surface area (Å²) in [6.45, 7) is 2.83. The number of para-hydroxylation sites is 1. The summed E-state index contributed by atoms with van der Waals surface area (Å²) >= 11 is 0. The molecular weight excluding hydrogens is 214 g/mol. The molecule has 1 aliphatic rings. The van der Waals surface area contributed by atoms with Crippen molar-refractivity contribution in [1.82, 2.24) is 14.9 Å². The average molecular weight is 229 g/mol. The van der Waals surface area contributed by atoms with Gasteiger partial charge in [0.05, 0.1) is 19.3 Å². The average Bonchev–Trinajstić information content (AvgIpc) is 2.82. The number of fused-ring (bicyclic) bond motifs is 1. The molecule has 4 nitrogen and oxygen atoms in total. The van der Waals surface area contributed by atoms with Crippen LogP contribution >= 0.6 is 0 Å². The number of rotatable bonds is 2. The maximum absolute atomic E-state index is 5.37. The van der Waals surface area contributed by atoms with Crippen LogP contribution in [-0.4, -0.2) is 23.2 Å². The van der Waals surface area contributed by atoms with Crippen LogP contribution < -0.4 is 10.1 Å². The van der Waals surface area contributed by atoms with E-state index in [0.29, 0.717) is 0 Å². The minimum atomic E-state index is 0.842. The van der Waals surface area contributed by atoms with Gasteiger partial charge in [0.2, 0.25) is 0 Å². The van der Waals surface area contributed by atoms with Gasteiger partial charge in [0.15, 0.2) is 0 Å². The third kappa shape index (κ3) is 1.80. The lowest BCUT2D eigenvalue weighted by molar-refractivity contribution is 0.416. The summed E-state index contributed by atoms with van der Waals surface area (Å²) in [5, 5.41) is 3.32. The number of aromatic nitrogens is 2. The Balaban J connectivity index is 2.06. The lowest BCUT2D eigenvalue weighted by Gasteiger charge is -2.13. The number of imidazole rings is 1. The van der Waals surface area contributed by atoms with Gasteiger partial charge in [-0.1, -0.05) is 12.1 Å². The number of nitrogens with zero attached hydrogens (tertiary/aromatic N) is 2. The molecule has 0 amide bonds. The van der Waals surface area contributed by atoms with E-state index in [1.165, 1.54) is 0 Å². The van der Waals surface area contributed by atoms with Crippen molar-refractivity contribution in [2.75, 3.05) is 13.7 Å². The van der Waals surface area contributed by atoms with Gasteiger partial charge in [0.1, 0.15) is 11.6 Å². The molecule has 0 spiro atoms. The van der Waals surface area contributed by atoms with Gasteiger partial charge >= 0.3 is 0 Å². The maximum Gasteiger partial charge on any atom is 0.128 e. The van der Waals surface area contributed by atoms with Crippen molar-refractivity contribution < 1.29 is 4.74 Å². The van der Waals surface area contributed by atoms with E-state index in [0.717, 1.165) is 42.5 Å². The molecule has 2 heterocycles. The number of ether oxygens (including phenoxy) is 1.